The number of benzene rings is 1. The fourth-order valence-electron chi connectivity index (χ4n) is 4.26. The molecule has 0 fully saturated rings. The van der Waals surface area contributed by atoms with Crippen LogP contribution in [0.4, 0.5) is 0 Å². The van der Waals surface area contributed by atoms with Crippen molar-refractivity contribution in [2.45, 2.75) is 59.5 Å². The number of fused-ring (bicyclic) bond motifs is 2. The highest BCUT2D eigenvalue weighted by atomic mass is 16.3. The lowest BCUT2D eigenvalue weighted by Crippen LogP contribution is -2.09. The maximum absolute atomic E-state index is 12.6. The van der Waals surface area contributed by atoms with Gasteiger partial charge in [-0.2, -0.15) is 0 Å². The molecule has 3 atom stereocenters. The van der Waals surface area contributed by atoms with E-state index in [-0.39, 0.29) is 12.0 Å². The van der Waals surface area contributed by atoms with Crippen molar-refractivity contribution in [1.82, 2.24) is 0 Å². The van der Waals surface area contributed by atoms with Gasteiger partial charge in [-0.05, 0) is 66.8 Å². The molecule has 1 aromatic rings. The molecule has 2 aliphatic carbocycles. The number of aliphatic hydroxyl groups is 1. The fraction of sp³-hybridized carbons (Fsp3) is 0.611. The van der Waals surface area contributed by atoms with Crippen molar-refractivity contribution in [1.29, 1.82) is 0 Å². The number of carbonyl (C=O) groups is 1. The highest BCUT2D eigenvalue weighted by Gasteiger charge is 2.39. The Morgan fingerprint density at radius 3 is 2.35 bits per heavy atom. The molecule has 2 nitrogen and oxygen atoms in total. The van der Waals surface area contributed by atoms with Crippen LogP contribution >= 0.6 is 0 Å². The second-order valence-corrected chi connectivity index (χ2v) is 6.49. The standard InChI is InChI=1S/C18H24O2/c1-5-11-7-13-9(3)16-14(8-12(6-2)18(16)20)10(4)15(13)17(11)19/h11-12,17,19H,5-8H2,1-4H3. The van der Waals surface area contributed by atoms with Crippen molar-refractivity contribution in [3.8, 4) is 0 Å². The molecule has 0 spiro atoms. The summed E-state index contributed by atoms with van der Waals surface area (Å²) >= 11 is 0. The molecular formula is C18H24O2. The minimum atomic E-state index is -0.338. The molecule has 2 aliphatic rings. The maximum Gasteiger partial charge on any atom is 0.166 e. The zero-order chi connectivity index (χ0) is 14.6. The van der Waals surface area contributed by atoms with Gasteiger partial charge in [0.1, 0.15) is 0 Å². The topological polar surface area (TPSA) is 37.3 Å². The van der Waals surface area contributed by atoms with Crippen LogP contribution in [0.2, 0.25) is 0 Å². The van der Waals surface area contributed by atoms with E-state index in [0.717, 1.165) is 42.4 Å². The van der Waals surface area contributed by atoms with E-state index in [1.54, 1.807) is 0 Å². The van der Waals surface area contributed by atoms with Gasteiger partial charge >= 0.3 is 0 Å². The first-order valence-corrected chi connectivity index (χ1v) is 7.88. The van der Waals surface area contributed by atoms with Gasteiger partial charge in [-0.1, -0.05) is 20.3 Å². The second kappa shape index (κ2) is 4.70. The van der Waals surface area contributed by atoms with E-state index in [1.165, 1.54) is 16.7 Å². The van der Waals surface area contributed by atoms with E-state index in [4.69, 9.17) is 0 Å². The lowest BCUT2D eigenvalue weighted by molar-refractivity contribution is 0.0933. The van der Waals surface area contributed by atoms with Crippen molar-refractivity contribution >= 4 is 5.78 Å². The molecule has 20 heavy (non-hydrogen) atoms. The molecule has 0 saturated carbocycles. The lowest BCUT2D eigenvalue weighted by atomic mass is 9.90. The Hall–Kier alpha value is -1.15. The smallest absolute Gasteiger partial charge is 0.166 e. The van der Waals surface area contributed by atoms with E-state index >= 15 is 0 Å². The third kappa shape index (κ3) is 1.64. The van der Waals surface area contributed by atoms with Crippen molar-refractivity contribution in [3.63, 3.8) is 0 Å². The molecule has 1 aromatic carbocycles. The minimum Gasteiger partial charge on any atom is -0.388 e. The summed E-state index contributed by atoms with van der Waals surface area (Å²) in [6.07, 6.45) is 3.36. The summed E-state index contributed by atoms with van der Waals surface area (Å²) in [4.78, 5) is 12.6. The summed E-state index contributed by atoms with van der Waals surface area (Å²) in [5.41, 5.74) is 6.93. The Bertz CT molecular complexity index is 586. The van der Waals surface area contributed by atoms with Crippen LogP contribution in [0.15, 0.2) is 0 Å². The number of ketones is 1. The summed E-state index contributed by atoms with van der Waals surface area (Å²) in [6.45, 7) is 8.41. The van der Waals surface area contributed by atoms with Gasteiger partial charge in [0.2, 0.25) is 0 Å². The van der Waals surface area contributed by atoms with Gasteiger partial charge in [-0.15, -0.1) is 0 Å². The van der Waals surface area contributed by atoms with Gasteiger partial charge in [0.15, 0.2) is 5.78 Å². The van der Waals surface area contributed by atoms with Crippen molar-refractivity contribution in [3.05, 3.63) is 33.4 Å². The average molecular weight is 272 g/mol. The van der Waals surface area contributed by atoms with Crippen molar-refractivity contribution in [2.24, 2.45) is 11.8 Å². The molecule has 0 radical (unpaired) electrons. The Balaban J connectivity index is 2.20. The summed E-state index contributed by atoms with van der Waals surface area (Å²) in [6, 6.07) is 0. The molecule has 0 amide bonds. The van der Waals surface area contributed by atoms with Crippen LogP contribution in [-0.2, 0) is 12.8 Å². The quantitative estimate of drug-likeness (QED) is 0.891. The molecule has 2 heteroatoms. The molecule has 0 aliphatic heterocycles. The van der Waals surface area contributed by atoms with Gasteiger partial charge < -0.3 is 5.11 Å². The maximum atomic E-state index is 12.6. The Morgan fingerprint density at radius 2 is 1.75 bits per heavy atom. The third-order valence-electron chi connectivity index (χ3n) is 5.60. The van der Waals surface area contributed by atoms with Crippen molar-refractivity contribution < 1.29 is 9.90 Å². The van der Waals surface area contributed by atoms with Crippen LogP contribution in [0, 0.1) is 25.7 Å². The zero-order valence-electron chi connectivity index (χ0n) is 12.9. The normalized spacial score (nSPS) is 27.9. The average Bonchev–Trinajstić information content (AvgIpc) is 2.94. The summed E-state index contributed by atoms with van der Waals surface area (Å²) in [7, 11) is 0. The molecule has 3 unspecified atom stereocenters. The van der Waals surface area contributed by atoms with Crippen LogP contribution in [-0.4, -0.2) is 10.9 Å². The predicted molar refractivity (Wildman–Crippen MR) is 80.2 cm³/mol. The SMILES string of the molecule is CCC1Cc2c(C)c3c(c(C)c2C1=O)CC(CC)C3O. The lowest BCUT2D eigenvalue weighted by Gasteiger charge is -2.17. The van der Waals surface area contributed by atoms with Gasteiger partial charge in [0, 0.05) is 11.5 Å². The molecular weight excluding hydrogens is 248 g/mol. The molecule has 1 N–H and O–H groups in total. The number of aliphatic hydroxyl groups excluding tert-OH is 1. The first-order chi connectivity index (χ1) is 9.51. The number of hydrogen-bond acceptors (Lipinski definition) is 2. The van der Waals surface area contributed by atoms with Crippen LogP contribution in [0.3, 0.4) is 0 Å². The number of Topliss-reactive ketones (excluding diaryl/α,β-unsaturated/α-hetero) is 1. The molecule has 0 saturated heterocycles. The third-order valence-corrected chi connectivity index (χ3v) is 5.60. The molecule has 108 valence electrons. The van der Waals surface area contributed by atoms with Crippen LogP contribution < -0.4 is 0 Å². The molecule has 3 rings (SSSR count). The van der Waals surface area contributed by atoms with Crippen molar-refractivity contribution in [2.75, 3.05) is 0 Å². The van der Waals surface area contributed by atoms with E-state index in [9.17, 15) is 9.90 Å². The number of hydrogen-bond donors (Lipinski definition) is 1. The van der Waals surface area contributed by atoms with E-state index in [0.29, 0.717) is 11.7 Å². The van der Waals surface area contributed by atoms with Gasteiger partial charge in [-0.25, -0.2) is 0 Å². The summed E-state index contributed by atoms with van der Waals surface area (Å²) in [5.74, 6) is 0.811. The van der Waals surface area contributed by atoms with Crippen LogP contribution in [0.5, 0.6) is 0 Å². The second-order valence-electron chi connectivity index (χ2n) is 6.49. The largest absolute Gasteiger partial charge is 0.388 e. The molecule has 0 heterocycles. The van der Waals surface area contributed by atoms with Crippen LogP contribution in [0.1, 0.15) is 71.0 Å². The van der Waals surface area contributed by atoms with Gasteiger partial charge in [0.25, 0.3) is 0 Å². The zero-order valence-corrected chi connectivity index (χ0v) is 12.9. The van der Waals surface area contributed by atoms with E-state index < -0.39 is 0 Å². The first kappa shape index (κ1) is 13.8. The fourth-order valence-corrected chi connectivity index (χ4v) is 4.26. The number of carbonyl (C=O) groups excluding carboxylic acids is 1. The van der Waals surface area contributed by atoms with Crippen LogP contribution in [0.25, 0.3) is 0 Å². The summed E-state index contributed by atoms with van der Waals surface area (Å²) < 4.78 is 0. The minimum absolute atomic E-state index is 0.157. The van der Waals surface area contributed by atoms with E-state index in [1.807, 2.05) is 0 Å². The summed E-state index contributed by atoms with van der Waals surface area (Å²) in [5, 5.41) is 10.6. The molecule has 0 bridgehead atoms. The Labute approximate surface area is 121 Å². The highest BCUT2D eigenvalue weighted by Crippen LogP contribution is 2.46. The highest BCUT2D eigenvalue weighted by molar-refractivity contribution is 6.04. The van der Waals surface area contributed by atoms with Gasteiger partial charge in [-0.3, -0.25) is 4.79 Å². The number of rotatable bonds is 2. The molecule has 0 aromatic heterocycles. The van der Waals surface area contributed by atoms with Gasteiger partial charge in [0.05, 0.1) is 6.10 Å². The Kier molecular flexibility index (Phi) is 3.24. The Morgan fingerprint density at radius 1 is 1.05 bits per heavy atom. The predicted octanol–water partition coefficient (Wildman–Crippen LogP) is 3.68. The van der Waals surface area contributed by atoms with E-state index in [2.05, 4.69) is 27.7 Å². The first-order valence-electron chi connectivity index (χ1n) is 7.88. The monoisotopic (exact) mass is 272 g/mol.